The van der Waals surface area contributed by atoms with E-state index in [4.69, 9.17) is 11.6 Å². The van der Waals surface area contributed by atoms with E-state index in [0.717, 1.165) is 29.7 Å². The zero-order chi connectivity index (χ0) is 20.2. The number of hydrogen-bond donors (Lipinski definition) is 2. The highest BCUT2D eigenvalue weighted by molar-refractivity contribution is 6.33. The van der Waals surface area contributed by atoms with E-state index < -0.39 is 0 Å². The van der Waals surface area contributed by atoms with Crippen LogP contribution in [0.5, 0.6) is 0 Å². The molecular formula is C24H22ClN3O. The second-order valence-corrected chi connectivity index (χ2v) is 7.53. The second kappa shape index (κ2) is 8.50. The molecular weight excluding hydrogens is 382 g/mol. The van der Waals surface area contributed by atoms with E-state index in [1.807, 2.05) is 36.4 Å². The lowest BCUT2D eigenvalue weighted by atomic mass is 10.0. The van der Waals surface area contributed by atoms with Gasteiger partial charge in [-0.2, -0.15) is 0 Å². The van der Waals surface area contributed by atoms with Crippen molar-refractivity contribution in [3.8, 4) is 11.4 Å². The third-order valence-corrected chi connectivity index (χ3v) is 5.29. The Bertz CT molecular complexity index is 1150. The average Bonchev–Trinajstić information content (AvgIpc) is 3.08. The summed E-state index contributed by atoms with van der Waals surface area (Å²) in [6.45, 7) is 2.09. The van der Waals surface area contributed by atoms with Crippen molar-refractivity contribution in [1.29, 1.82) is 0 Å². The fourth-order valence-corrected chi connectivity index (χ4v) is 3.73. The highest BCUT2D eigenvalue weighted by Gasteiger charge is 2.15. The van der Waals surface area contributed by atoms with Crippen molar-refractivity contribution in [2.24, 2.45) is 0 Å². The molecule has 0 bridgehead atoms. The molecule has 2 aromatic carbocycles. The Morgan fingerprint density at radius 3 is 2.72 bits per heavy atom. The third kappa shape index (κ3) is 4.33. The van der Waals surface area contributed by atoms with Crippen LogP contribution in [-0.2, 0) is 11.2 Å². The van der Waals surface area contributed by atoms with Crippen molar-refractivity contribution < 1.29 is 4.79 Å². The van der Waals surface area contributed by atoms with Crippen molar-refractivity contribution in [1.82, 2.24) is 9.97 Å². The minimum Gasteiger partial charge on any atom is -0.353 e. The molecule has 1 amide bonds. The predicted octanol–water partition coefficient (Wildman–Crippen LogP) is 6.15. The number of carbonyl (C=O) groups excluding carboxylic acids is 1. The summed E-state index contributed by atoms with van der Waals surface area (Å²) in [6.07, 6.45) is 3.74. The van der Waals surface area contributed by atoms with E-state index in [9.17, 15) is 4.79 Å². The lowest BCUT2D eigenvalue weighted by molar-refractivity contribution is -0.116. The predicted molar refractivity (Wildman–Crippen MR) is 119 cm³/mol. The van der Waals surface area contributed by atoms with Gasteiger partial charge in [0.2, 0.25) is 5.91 Å². The summed E-state index contributed by atoms with van der Waals surface area (Å²) in [5.41, 5.74) is 6.09. The summed E-state index contributed by atoms with van der Waals surface area (Å²) in [7, 11) is 0. The van der Waals surface area contributed by atoms with Crippen LogP contribution in [0.3, 0.4) is 0 Å². The summed E-state index contributed by atoms with van der Waals surface area (Å²) in [6, 6.07) is 19.6. The Balaban J connectivity index is 1.53. The van der Waals surface area contributed by atoms with Crippen LogP contribution in [0.1, 0.15) is 24.0 Å². The van der Waals surface area contributed by atoms with Crippen molar-refractivity contribution >= 4 is 34.1 Å². The molecule has 2 N–H and O–H groups in total. The van der Waals surface area contributed by atoms with Gasteiger partial charge < -0.3 is 10.3 Å². The van der Waals surface area contributed by atoms with Crippen LogP contribution < -0.4 is 5.32 Å². The van der Waals surface area contributed by atoms with Gasteiger partial charge in [-0.25, -0.2) is 0 Å². The molecule has 4 rings (SSSR count). The van der Waals surface area contributed by atoms with Crippen molar-refractivity contribution in [2.75, 3.05) is 5.32 Å². The van der Waals surface area contributed by atoms with Gasteiger partial charge in [-0.05, 0) is 61.7 Å². The first-order chi connectivity index (χ1) is 14.1. The molecule has 4 aromatic rings. The minimum atomic E-state index is -0.0338. The average molecular weight is 404 g/mol. The lowest BCUT2D eigenvalue weighted by Crippen LogP contribution is -2.11. The van der Waals surface area contributed by atoms with E-state index in [0.29, 0.717) is 17.1 Å². The van der Waals surface area contributed by atoms with E-state index in [1.165, 1.54) is 16.5 Å². The number of aromatic nitrogens is 2. The van der Waals surface area contributed by atoms with Gasteiger partial charge in [0.25, 0.3) is 0 Å². The largest absolute Gasteiger partial charge is 0.353 e. The topological polar surface area (TPSA) is 57.8 Å². The molecule has 0 saturated heterocycles. The number of aromatic amines is 1. The first-order valence-electron chi connectivity index (χ1n) is 9.69. The highest BCUT2D eigenvalue weighted by Crippen LogP contribution is 2.31. The number of halogens is 1. The molecule has 0 unspecified atom stereocenters. The van der Waals surface area contributed by atoms with Gasteiger partial charge in [-0.15, -0.1) is 0 Å². The minimum absolute atomic E-state index is 0.0338. The molecule has 29 heavy (non-hydrogen) atoms. The van der Waals surface area contributed by atoms with Gasteiger partial charge in [0.05, 0.1) is 22.1 Å². The van der Waals surface area contributed by atoms with Crippen molar-refractivity contribution in [3.63, 3.8) is 0 Å². The first-order valence-corrected chi connectivity index (χ1v) is 10.1. The number of rotatable bonds is 6. The molecule has 0 spiro atoms. The Labute approximate surface area is 174 Å². The van der Waals surface area contributed by atoms with Gasteiger partial charge in [0.1, 0.15) is 0 Å². The van der Waals surface area contributed by atoms with Gasteiger partial charge >= 0.3 is 0 Å². The van der Waals surface area contributed by atoms with Crippen LogP contribution in [-0.4, -0.2) is 15.9 Å². The Kier molecular flexibility index (Phi) is 5.63. The zero-order valence-electron chi connectivity index (χ0n) is 16.2. The van der Waals surface area contributed by atoms with Crippen molar-refractivity contribution in [3.05, 3.63) is 83.0 Å². The molecule has 0 atom stereocenters. The molecule has 0 radical (unpaired) electrons. The number of anilines is 1. The second-order valence-electron chi connectivity index (χ2n) is 7.12. The summed E-state index contributed by atoms with van der Waals surface area (Å²) < 4.78 is 0. The third-order valence-electron chi connectivity index (χ3n) is 4.96. The molecule has 0 aliphatic rings. The number of fused-ring (bicyclic) bond motifs is 1. The number of aryl methyl sites for hydroxylation is 2. The number of carbonyl (C=O) groups is 1. The maximum atomic E-state index is 12.4. The number of amides is 1. The fourth-order valence-electron chi connectivity index (χ4n) is 3.55. The summed E-state index contributed by atoms with van der Waals surface area (Å²) in [4.78, 5) is 20.4. The van der Waals surface area contributed by atoms with Gasteiger partial charge in [0.15, 0.2) is 0 Å². The van der Waals surface area contributed by atoms with Crippen LogP contribution in [0.15, 0.2) is 66.9 Å². The van der Waals surface area contributed by atoms with Gasteiger partial charge in [-0.1, -0.05) is 41.4 Å². The number of H-pyrrole nitrogens is 1. The van der Waals surface area contributed by atoms with E-state index in [2.05, 4.69) is 40.4 Å². The van der Waals surface area contributed by atoms with Crippen LogP contribution in [0.4, 0.5) is 5.69 Å². The summed E-state index contributed by atoms with van der Waals surface area (Å²) in [5, 5.41) is 4.63. The van der Waals surface area contributed by atoms with Gasteiger partial charge in [-0.3, -0.25) is 9.78 Å². The number of nitrogens with zero attached hydrogens (tertiary/aromatic N) is 1. The molecule has 4 nitrogen and oxygen atoms in total. The lowest BCUT2D eigenvalue weighted by Gasteiger charge is -2.08. The summed E-state index contributed by atoms with van der Waals surface area (Å²) >= 11 is 6.13. The zero-order valence-corrected chi connectivity index (χ0v) is 17.0. The van der Waals surface area contributed by atoms with Crippen LogP contribution in [0.2, 0.25) is 5.02 Å². The Hall–Kier alpha value is -3.11. The maximum Gasteiger partial charge on any atom is 0.224 e. The quantitative estimate of drug-likeness (QED) is 0.405. The Morgan fingerprint density at radius 1 is 1.10 bits per heavy atom. The first kappa shape index (κ1) is 19.2. The number of nitrogens with one attached hydrogen (secondary N) is 2. The van der Waals surface area contributed by atoms with E-state index in [-0.39, 0.29) is 5.91 Å². The van der Waals surface area contributed by atoms with Crippen LogP contribution in [0, 0.1) is 6.92 Å². The number of hydrogen-bond acceptors (Lipinski definition) is 2. The smallest absolute Gasteiger partial charge is 0.224 e. The monoisotopic (exact) mass is 403 g/mol. The van der Waals surface area contributed by atoms with Crippen LogP contribution in [0.25, 0.3) is 22.3 Å². The Morgan fingerprint density at radius 2 is 1.93 bits per heavy atom. The molecule has 5 heteroatoms. The molecule has 0 aliphatic carbocycles. The maximum absolute atomic E-state index is 12.4. The number of benzene rings is 2. The normalized spacial score (nSPS) is 11.0. The van der Waals surface area contributed by atoms with Crippen LogP contribution >= 0.6 is 11.6 Å². The molecule has 146 valence electrons. The molecule has 2 heterocycles. The van der Waals surface area contributed by atoms with E-state index >= 15 is 0 Å². The molecule has 0 fully saturated rings. The standard InChI is InChI=1S/C24H22ClN3O/c1-16-12-13-20-18(15-16)17(24(28-20)22-10-4-5-14-26-22)7-6-11-23(29)27-21-9-3-2-8-19(21)25/h2-5,8-10,12-15,28H,6-7,11H2,1H3,(H,27,29). The van der Waals surface area contributed by atoms with Crippen molar-refractivity contribution in [2.45, 2.75) is 26.2 Å². The fraction of sp³-hybridized carbons (Fsp3) is 0.167. The molecule has 0 saturated carbocycles. The molecule has 2 aromatic heterocycles. The number of para-hydroxylation sites is 1. The number of pyridine rings is 1. The molecule has 0 aliphatic heterocycles. The summed E-state index contributed by atoms with van der Waals surface area (Å²) in [5.74, 6) is -0.0338. The SMILES string of the molecule is Cc1ccc2[nH]c(-c3ccccn3)c(CCCC(=O)Nc3ccccc3Cl)c2c1. The van der Waals surface area contributed by atoms with E-state index in [1.54, 1.807) is 12.3 Å². The highest BCUT2D eigenvalue weighted by atomic mass is 35.5. The van der Waals surface area contributed by atoms with Gasteiger partial charge in [0, 0.05) is 23.5 Å².